The van der Waals surface area contributed by atoms with Crippen molar-refractivity contribution in [2.75, 3.05) is 77.2 Å². The zero-order valence-corrected chi connectivity index (χ0v) is 56.6. The van der Waals surface area contributed by atoms with Crippen LogP contribution in [-0.2, 0) is 56.3 Å². The van der Waals surface area contributed by atoms with E-state index in [2.05, 4.69) is 63.6 Å². The van der Waals surface area contributed by atoms with E-state index in [9.17, 15) is 90.6 Å². The average Bonchev–Trinajstić information content (AvgIpc) is 1.40. The number of aliphatic carboxylic acids is 1. The van der Waals surface area contributed by atoms with Gasteiger partial charge in [-0.05, 0) is 66.7 Å². The summed E-state index contributed by atoms with van der Waals surface area (Å²) in [6.07, 6.45) is 6.95. The third kappa shape index (κ3) is 28.8. The number of nitrogens with one attached hydrogen (secondary N) is 5. The Morgan fingerprint density at radius 3 is 1.72 bits per heavy atom. The molecular formula is C50H58Cl2F7N14O21PS3. The summed E-state index contributed by atoms with van der Waals surface area (Å²) < 4.78 is 175. The molecular weight excluding hydrogens is 1460 g/mol. The summed E-state index contributed by atoms with van der Waals surface area (Å²) in [5, 5.41) is 24.8. The second kappa shape index (κ2) is 39.2. The number of carboxylic acids is 2. The molecule has 0 spiro atoms. The number of urea groups is 2. The van der Waals surface area contributed by atoms with E-state index >= 15 is 0 Å². The van der Waals surface area contributed by atoms with Gasteiger partial charge in [0.05, 0.1) is 75.7 Å². The van der Waals surface area contributed by atoms with Crippen molar-refractivity contribution in [3.05, 3.63) is 111 Å². The molecule has 540 valence electrons. The summed E-state index contributed by atoms with van der Waals surface area (Å²) in [7, 11) is -7.27. The highest BCUT2D eigenvalue weighted by Gasteiger charge is 2.29. The van der Waals surface area contributed by atoms with Gasteiger partial charge in [0.15, 0.2) is 10.8 Å². The maximum atomic E-state index is 14.2. The van der Waals surface area contributed by atoms with Gasteiger partial charge in [0.1, 0.15) is 29.4 Å². The van der Waals surface area contributed by atoms with Crippen LogP contribution in [-0.4, -0.2) is 197 Å². The second-order valence-electron chi connectivity index (χ2n) is 18.4. The Balaban J connectivity index is 0.000000455. The number of benzene rings is 2. The van der Waals surface area contributed by atoms with E-state index in [0.717, 1.165) is 24.3 Å². The number of aryl methyl sites for hydroxylation is 1. The largest absolute Gasteiger partial charge is 0.778 e. The van der Waals surface area contributed by atoms with Crippen LogP contribution in [0.25, 0.3) is 5.69 Å². The van der Waals surface area contributed by atoms with Crippen LogP contribution in [0.5, 0.6) is 23.5 Å². The molecule has 0 aliphatic rings. The summed E-state index contributed by atoms with van der Waals surface area (Å²) in [5.41, 5.74) is -2.20. The van der Waals surface area contributed by atoms with Gasteiger partial charge in [-0.15, -0.1) is 16.7 Å². The zero-order valence-electron chi connectivity index (χ0n) is 51.8. The number of carbonyl (C=O) groups is 6. The topological polar surface area (TPSA) is 485 Å². The number of rotatable bonds is 24. The monoisotopic (exact) mass is 1520 g/mol. The van der Waals surface area contributed by atoms with Gasteiger partial charge in [-0.3, -0.25) is 30.3 Å². The average molecular weight is 1520 g/mol. The third-order valence-corrected chi connectivity index (χ3v) is 14.2. The van der Waals surface area contributed by atoms with Crippen LogP contribution in [0.15, 0.2) is 81.6 Å². The lowest BCUT2D eigenvalue weighted by molar-refractivity contribution is -0.193. The zero-order chi connectivity index (χ0) is 74.7. The van der Waals surface area contributed by atoms with Crippen LogP contribution in [0.3, 0.4) is 0 Å². The van der Waals surface area contributed by atoms with E-state index in [4.69, 9.17) is 52.5 Å². The molecule has 5 amide bonds. The Labute approximate surface area is 562 Å². The number of anilines is 2. The molecule has 0 radical (unpaired) electrons. The number of carboxylic acid groups (broad SMARTS) is 2. The van der Waals surface area contributed by atoms with Crippen molar-refractivity contribution in [1.82, 2.24) is 58.9 Å². The number of aromatic nitrogens is 8. The van der Waals surface area contributed by atoms with Gasteiger partial charge >= 0.3 is 55.4 Å². The van der Waals surface area contributed by atoms with Gasteiger partial charge in [0.2, 0.25) is 35.4 Å². The molecule has 2 atom stereocenters. The number of alkyl halides is 7. The minimum Gasteiger partial charge on any atom is -0.778 e. The number of hydrogen-bond acceptors (Lipinski definition) is 25. The Kier molecular flexibility index (Phi) is 34.0. The first-order valence-electron chi connectivity index (χ1n) is 26.1. The highest BCUT2D eigenvalue weighted by atomic mass is 35.5. The van der Waals surface area contributed by atoms with Crippen molar-refractivity contribution in [3.63, 3.8) is 0 Å². The molecule has 0 aliphatic heterocycles. The summed E-state index contributed by atoms with van der Waals surface area (Å²) in [4.78, 5) is 117. The highest BCUT2D eigenvalue weighted by molar-refractivity contribution is 7.94. The third-order valence-electron chi connectivity index (χ3n) is 10.2. The first-order valence-corrected chi connectivity index (χ1v) is 34.1. The standard InChI is InChI=1S/C15H14Cl2F3N3O3.C15H18N6O6S.C14H10F4N4O7S.C3H8NO5P.C3H9S/c1-3-26-13(24)10(17)4-8-5-12(11(18)6-9(8)16)23-15(25)22(14(19)20)7(2)21-23;1-21(2)13(22)9-6-5-7-16-12(9)28(24,25)20-15(23)19-14-17-10(26-3)8-11(18-14)27-4;15-11(16)28-8-5-9(29-12(17)18)20-13(19-8)21-14(25)22-30(26,27)7-4-2-1-3-6(7)10(23)24;5-3(6)1-4-2-10(7,8)9;1-4(2)3/h5-6,10,14H,3-4H2,1-2H3;5-8H,1-4H3,(H2,17,18,19,20,23);1-5,11-12H,(H,23,24)(H2,19,20,21,22,25);4H,1-2H2,(H,5,6)(H2,7,8,9);1-3H3/q;;;;+1/p-1. The fourth-order valence-electron chi connectivity index (χ4n) is 6.49. The van der Waals surface area contributed by atoms with Crippen molar-refractivity contribution in [2.24, 2.45) is 0 Å². The van der Waals surface area contributed by atoms with Crippen molar-refractivity contribution in [2.45, 2.75) is 55.3 Å². The maximum absolute atomic E-state index is 14.2. The number of amides is 5. The number of ether oxygens (including phenoxy) is 5. The van der Waals surface area contributed by atoms with Crippen LogP contribution < -0.4 is 54.9 Å². The fraction of sp³-hybridized carbons (Fsp3) is 0.340. The summed E-state index contributed by atoms with van der Waals surface area (Å²) in [6.45, 7) is -7.49. The van der Waals surface area contributed by atoms with Gasteiger partial charge < -0.3 is 53.1 Å². The number of sulfonamides is 2. The Morgan fingerprint density at radius 1 is 0.786 bits per heavy atom. The smallest absolute Gasteiger partial charge is 0.388 e. The molecule has 0 fully saturated rings. The van der Waals surface area contributed by atoms with Crippen molar-refractivity contribution < 1.29 is 125 Å². The first kappa shape index (κ1) is 84.8. The lowest BCUT2D eigenvalue weighted by Gasteiger charge is -2.14. The van der Waals surface area contributed by atoms with Crippen LogP contribution >= 0.6 is 30.8 Å². The number of hydrogen-bond donors (Lipinski definition) is 8. The van der Waals surface area contributed by atoms with Crippen molar-refractivity contribution in [1.29, 1.82) is 0 Å². The summed E-state index contributed by atoms with van der Waals surface area (Å²) >= 11 is 11.9. The molecule has 0 aliphatic carbocycles. The number of methoxy groups -OCH3 is 2. The molecule has 35 nitrogen and oxygen atoms in total. The lowest BCUT2D eigenvalue weighted by atomic mass is 10.1. The first-order chi connectivity index (χ1) is 45.5. The van der Waals surface area contributed by atoms with Crippen molar-refractivity contribution in [3.8, 4) is 29.2 Å². The molecule has 4 heterocycles. The van der Waals surface area contributed by atoms with E-state index in [0.29, 0.717) is 21.6 Å². The number of nitrogens with zero attached hydrogens (tertiary/aromatic N) is 9. The molecule has 6 aromatic rings. The molecule has 98 heavy (non-hydrogen) atoms. The second-order valence-corrected chi connectivity index (χ2v) is 26.6. The number of pyridine rings is 1. The molecule has 2 unspecified atom stereocenters. The van der Waals surface area contributed by atoms with Crippen LogP contribution in [0.2, 0.25) is 5.02 Å². The molecule has 0 bridgehead atoms. The molecule has 48 heteroatoms. The van der Waals surface area contributed by atoms with E-state index in [1.54, 1.807) is 17.0 Å². The molecule has 4 aromatic heterocycles. The van der Waals surface area contributed by atoms with Gasteiger partial charge in [0, 0.05) is 31.7 Å². The normalized spacial score (nSPS) is 11.8. The van der Waals surface area contributed by atoms with Gasteiger partial charge in [-0.25, -0.2) is 51.0 Å². The fourth-order valence-corrected chi connectivity index (χ4v) is 9.49. The number of aromatic carboxylic acids is 1. The Bertz CT molecular complexity index is 4060. The highest BCUT2D eigenvalue weighted by Crippen LogP contribution is 2.28. The summed E-state index contributed by atoms with van der Waals surface area (Å²) in [5.74, 6) is -8.21. The van der Waals surface area contributed by atoms with Crippen molar-refractivity contribution >= 4 is 110 Å². The SMILES string of the molecule is CCOC(=O)C(Cl)Cc1cc(-n2nc(C)n(C(F)F)c2=O)c(F)cc1Cl.COc1cc(OC)nc(NC(=O)NS(=O)(=O)c2ncccc2C(=O)N(C)C)n1.C[S+](C)C.O=C(Nc1nc(OC(F)F)cc(OC(F)F)n1)NS(=O)(=O)c1ccccc1C(=O)O.O=C(O)CNCP(=O)([O-])O. The number of halogens is 9. The maximum Gasteiger partial charge on any atom is 0.388 e. The van der Waals surface area contributed by atoms with E-state index < -0.39 is 146 Å². The molecule has 8 N–H and O–H groups in total. The van der Waals surface area contributed by atoms with Gasteiger partial charge in [-0.2, -0.15) is 59.4 Å². The van der Waals surface area contributed by atoms with E-state index in [1.165, 1.54) is 81.4 Å². The predicted molar refractivity (Wildman–Crippen MR) is 329 cm³/mol. The Morgan fingerprint density at radius 2 is 1.28 bits per heavy atom. The van der Waals surface area contributed by atoms with Gasteiger partial charge in [0.25, 0.3) is 26.0 Å². The minimum atomic E-state index is -4.71. The van der Waals surface area contributed by atoms with Crippen LogP contribution in [0.1, 0.15) is 45.6 Å². The number of carbonyl (C=O) groups excluding carboxylic acids is 4. The molecule has 2 aromatic carbocycles. The predicted octanol–water partition coefficient (Wildman–Crippen LogP) is 3.89. The van der Waals surface area contributed by atoms with E-state index in [1.807, 2.05) is 5.32 Å². The Hall–Kier alpha value is -9.24. The molecule has 0 saturated carbocycles. The van der Waals surface area contributed by atoms with E-state index in [-0.39, 0.29) is 63.0 Å². The summed E-state index contributed by atoms with van der Waals surface area (Å²) in [6, 6.07) is 8.16. The number of esters is 1. The molecule has 6 rings (SSSR count). The quantitative estimate of drug-likeness (QED) is 0.0140. The lowest BCUT2D eigenvalue weighted by Crippen LogP contribution is -2.36. The van der Waals surface area contributed by atoms with Crippen LogP contribution in [0.4, 0.5) is 52.2 Å². The minimum absolute atomic E-state index is 0.0424. The van der Waals surface area contributed by atoms with Gasteiger partial charge in [-0.1, -0.05) is 23.7 Å². The van der Waals surface area contributed by atoms with Crippen LogP contribution in [0, 0.1) is 12.7 Å². The molecule has 0 saturated heterocycles.